The van der Waals surface area contributed by atoms with Crippen LogP contribution in [-0.2, 0) is 9.47 Å². The van der Waals surface area contributed by atoms with E-state index < -0.39 is 23.8 Å². The first kappa shape index (κ1) is 18.2. The second kappa shape index (κ2) is 6.80. The van der Waals surface area contributed by atoms with Crippen molar-refractivity contribution < 1.29 is 28.4 Å². The van der Waals surface area contributed by atoms with Crippen LogP contribution < -0.4 is 5.73 Å². The van der Waals surface area contributed by atoms with Gasteiger partial charge in [-0.15, -0.1) is 0 Å². The normalized spacial score (nSPS) is 11.9. The molecule has 134 valence electrons. The van der Waals surface area contributed by atoms with E-state index in [1.54, 1.807) is 13.8 Å². The SMILES string of the molecule is COC(=O)c1c(C)[nH]c(C(=O)[C@@H](C)OC(=O)c2c(C)noc2N)c1C. The highest BCUT2D eigenvalue weighted by Crippen LogP contribution is 2.22. The molecule has 25 heavy (non-hydrogen) atoms. The Balaban J connectivity index is 2.24. The number of nitrogen functional groups attached to an aromatic ring is 1. The summed E-state index contributed by atoms with van der Waals surface area (Å²) < 4.78 is 14.6. The van der Waals surface area contributed by atoms with E-state index in [1.165, 1.54) is 21.0 Å². The maximum atomic E-state index is 12.6. The summed E-state index contributed by atoms with van der Waals surface area (Å²) in [5.41, 5.74) is 7.15. The largest absolute Gasteiger partial charge is 0.465 e. The summed E-state index contributed by atoms with van der Waals surface area (Å²) in [4.78, 5) is 39.4. The molecule has 0 saturated carbocycles. The number of rotatable bonds is 5. The standard InChI is InChI=1S/C16H19N3O6/c1-6-10(15(21)23-5)7(2)18-12(6)13(20)9(4)24-16(22)11-8(3)19-25-14(11)17/h9,18H,17H2,1-5H3/t9-/m1/s1. The number of ketones is 1. The van der Waals surface area contributed by atoms with Crippen molar-refractivity contribution in [3.05, 3.63) is 33.8 Å². The number of aryl methyl sites for hydroxylation is 2. The first-order valence-corrected chi connectivity index (χ1v) is 7.43. The summed E-state index contributed by atoms with van der Waals surface area (Å²) in [7, 11) is 1.26. The van der Waals surface area contributed by atoms with Crippen LogP contribution in [0.2, 0.25) is 0 Å². The minimum Gasteiger partial charge on any atom is -0.465 e. The Kier molecular flexibility index (Phi) is 4.96. The van der Waals surface area contributed by atoms with Crippen LogP contribution in [0, 0.1) is 20.8 Å². The molecule has 0 fully saturated rings. The molecule has 0 radical (unpaired) electrons. The zero-order valence-electron chi connectivity index (χ0n) is 14.6. The summed E-state index contributed by atoms with van der Waals surface area (Å²) in [5.74, 6) is -2.03. The number of methoxy groups -OCH3 is 1. The second-order valence-corrected chi connectivity index (χ2v) is 5.54. The molecule has 2 aromatic heterocycles. The van der Waals surface area contributed by atoms with Crippen molar-refractivity contribution in [1.82, 2.24) is 10.1 Å². The molecule has 2 heterocycles. The Morgan fingerprint density at radius 1 is 1.16 bits per heavy atom. The minimum absolute atomic E-state index is 0.0192. The van der Waals surface area contributed by atoms with Crippen LogP contribution >= 0.6 is 0 Å². The van der Waals surface area contributed by atoms with E-state index in [9.17, 15) is 14.4 Å². The number of carbonyl (C=O) groups is 3. The fourth-order valence-electron chi connectivity index (χ4n) is 2.52. The molecule has 9 heteroatoms. The van der Waals surface area contributed by atoms with Crippen LogP contribution in [0.3, 0.4) is 0 Å². The Hall–Kier alpha value is -3.10. The zero-order valence-corrected chi connectivity index (χ0v) is 14.6. The van der Waals surface area contributed by atoms with Gasteiger partial charge in [-0.2, -0.15) is 0 Å². The van der Waals surface area contributed by atoms with Gasteiger partial charge < -0.3 is 24.7 Å². The van der Waals surface area contributed by atoms with E-state index in [0.29, 0.717) is 11.3 Å². The lowest BCUT2D eigenvalue weighted by Crippen LogP contribution is -2.26. The molecule has 2 rings (SSSR count). The van der Waals surface area contributed by atoms with Crippen molar-refractivity contribution in [2.45, 2.75) is 33.8 Å². The van der Waals surface area contributed by atoms with Gasteiger partial charge in [0.1, 0.15) is 5.56 Å². The van der Waals surface area contributed by atoms with Gasteiger partial charge in [0.25, 0.3) is 0 Å². The van der Waals surface area contributed by atoms with Crippen LogP contribution in [0.4, 0.5) is 5.88 Å². The topological polar surface area (TPSA) is 138 Å². The third-order valence-corrected chi connectivity index (χ3v) is 3.82. The van der Waals surface area contributed by atoms with Crippen molar-refractivity contribution in [3.8, 4) is 0 Å². The maximum absolute atomic E-state index is 12.6. The molecule has 9 nitrogen and oxygen atoms in total. The molecular formula is C16H19N3O6. The van der Waals surface area contributed by atoms with Gasteiger partial charge >= 0.3 is 11.9 Å². The number of hydrogen-bond donors (Lipinski definition) is 2. The van der Waals surface area contributed by atoms with Crippen LogP contribution in [0.5, 0.6) is 0 Å². The van der Waals surface area contributed by atoms with E-state index in [4.69, 9.17) is 19.7 Å². The molecule has 0 saturated heterocycles. The van der Waals surface area contributed by atoms with Crippen LogP contribution in [0.15, 0.2) is 4.52 Å². The lowest BCUT2D eigenvalue weighted by molar-refractivity contribution is 0.0316. The summed E-state index contributed by atoms with van der Waals surface area (Å²) in [6.45, 7) is 6.21. The molecule has 0 aliphatic heterocycles. The van der Waals surface area contributed by atoms with Gasteiger partial charge in [0.05, 0.1) is 24.1 Å². The van der Waals surface area contributed by atoms with Crippen LogP contribution in [-0.4, -0.2) is 41.1 Å². The number of nitrogens with one attached hydrogen (secondary N) is 1. The number of aromatic amines is 1. The lowest BCUT2D eigenvalue weighted by Gasteiger charge is -2.12. The molecule has 0 amide bonds. The fraction of sp³-hybridized carbons (Fsp3) is 0.375. The van der Waals surface area contributed by atoms with Gasteiger partial charge in [0.15, 0.2) is 6.10 Å². The number of H-pyrrole nitrogens is 1. The molecule has 3 N–H and O–H groups in total. The van der Waals surface area contributed by atoms with Gasteiger partial charge in [-0.25, -0.2) is 9.59 Å². The lowest BCUT2D eigenvalue weighted by atomic mass is 10.1. The highest BCUT2D eigenvalue weighted by atomic mass is 16.5. The van der Waals surface area contributed by atoms with E-state index in [0.717, 1.165) is 0 Å². The molecule has 1 atom stereocenters. The van der Waals surface area contributed by atoms with E-state index in [-0.39, 0.29) is 28.4 Å². The van der Waals surface area contributed by atoms with Crippen molar-refractivity contribution in [2.24, 2.45) is 0 Å². The van der Waals surface area contributed by atoms with Crippen molar-refractivity contribution in [2.75, 3.05) is 12.8 Å². The van der Waals surface area contributed by atoms with Crippen LogP contribution in [0.25, 0.3) is 0 Å². The number of esters is 2. The number of Topliss-reactive ketones (excluding diaryl/α,β-unsaturated/α-hetero) is 1. The number of nitrogens with zero attached hydrogens (tertiary/aromatic N) is 1. The van der Waals surface area contributed by atoms with Crippen molar-refractivity contribution in [3.63, 3.8) is 0 Å². The highest BCUT2D eigenvalue weighted by Gasteiger charge is 2.29. The first-order chi connectivity index (χ1) is 11.7. The van der Waals surface area contributed by atoms with Gasteiger partial charge in [0.2, 0.25) is 11.7 Å². The number of ether oxygens (including phenoxy) is 2. The van der Waals surface area contributed by atoms with Gasteiger partial charge in [-0.3, -0.25) is 4.79 Å². The Morgan fingerprint density at radius 2 is 1.80 bits per heavy atom. The quantitative estimate of drug-likeness (QED) is 0.615. The molecule has 0 aliphatic carbocycles. The smallest absolute Gasteiger partial charge is 0.346 e. The molecule has 0 unspecified atom stereocenters. The van der Waals surface area contributed by atoms with E-state index in [2.05, 4.69) is 10.1 Å². The fourth-order valence-corrected chi connectivity index (χ4v) is 2.52. The Labute approximate surface area is 143 Å². The maximum Gasteiger partial charge on any atom is 0.346 e. The van der Waals surface area contributed by atoms with Crippen molar-refractivity contribution >= 4 is 23.6 Å². The summed E-state index contributed by atoms with van der Waals surface area (Å²) >= 11 is 0. The molecular weight excluding hydrogens is 330 g/mol. The molecule has 0 bridgehead atoms. The molecule has 0 aromatic carbocycles. The van der Waals surface area contributed by atoms with Crippen molar-refractivity contribution in [1.29, 1.82) is 0 Å². The second-order valence-electron chi connectivity index (χ2n) is 5.54. The molecule has 0 spiro atoms. The summed E-state index contributed by atoms with van der Waals surface area (Å²) in [5, 5.41) is 3.56. The zero-order chi connectivity index (χ0) is 18.9. The summed E-state index contributed by atoms with van der Waals surface area (Å²) in [6, 6.07) is 0. The van der Waals surface area contributed by atoms with Gasteiger partial charge in [-0.05, 0) is 33.3 Å². The average Bonchev–Trinajstić information content (AvgIpc) is 3.04. The van der Waals surface area contributed by atoms with E-state index >= 15 is 0 Å². The number of hydrogen-bond acceptors (Lipinski definition) is 8. The third kappa shape index (κ3) is 3.25. The predicted molar refractivity (Wildman–Crippen MR) is 86.5 cm³/mol. The number of anilines is 1. The number of carbonyl (C=O) groups excluding carboxylic acids is 3. The molecule has 0 aliphatic rings. The predicted octanol–water partition coefficient (Wildman–Crippen LogP) is 1.72. The third-order valence-electron chi connectivity index (χ3n) is 3.82. The minimum atomic E-state index is -1.11. The molecule has 2 aromatic rings. The first-order valence-electron chi connectivity index (χ1n) is 7.43. The van der Waals surface area contributed by atoms with E-state index in [1.807, 2.05) is 0 Å². The van der Waals surface area contributed by atoms with Gasteiger partial charge in [-0.1, -0.05) is 5.16 Å². The Morgan fingerprint density at radius 3 is 2.32 bits per heavy atom. The highest BCUT2D eigenvalue weighted by molar-refractivity contribution is 6.05. The Bertz CT molecular complexity index is 829. The van der Waals surface area contributed by atoms with Gasteiger partial charge in [0, 0.05) is 5.69 Å². The van der Waals surface area contributed by atoms with Crippen LogP contribution in [0.1, 0.15) is 55.1 Å². The monoisotopic (exact) mass is 349 g/mol. The number of nitrogens with two attached hydrogens (primary N) is 1. The number of aromatic nitrogens is 2. The average molecular weight is 349 g/mol. The summed E-state index contributed by atoms with van der Waals surface area (Å²) in [6.07, 6.45) is -1.11.